The van der Waals surface area contributed by atoms with E-state index in [0.717, 1.165) is 74.4 Å². The number of para-hydroxylation sites is 2. The summed E-state index contributed by atoms with van der Waals surface area (Å²) in [6.45, 7) is 7.44. The third-order valence-electron chi connectivity index (χ3n) is 5.38. The fourth-order valence-corrected chi connectivity index (χ4v) is 3.86. The van der Waals surface area contributed by atoms with Gasteiger partial charge in [-0.3, -0.25) is 4.99 Å². The number of hydrogen-bond acceptors (Lipinski definition) is 4. The summed E-state index contributed by atoms with van der Waals surface area (Å²) in [4.78, 5) is 14.3. The van der Waals surface area contributed by atoms with Gasteiger partial charge in [0.1, 0.15) is 11.4 Å². The van der Waals surface area contributed by atoms with Gasteiger partial charge in [0.15, 0.2) is 5.96 Å². The molecule has 31 heavy (non-hydrogen) atoms. The zero-order valence-electron chi connectivity index (χ0n) is 18.2. The zero-order valence-corrected chi connectivity index (χ0v) is 20.5. The van der Waals surface area contributed by atoms with Gasteiger partial charge in [0.25, 0.3) is 0 Å². The zero-order chi connectivity index (χ0) is 20.8. The van der Waals surface area contributed by atoms with Crippen LogP contribution in [-0.4, -0.2) is 66.6 Å². The molecule has 7 nitrogen and oxygen atoms in total. The van der Waals surface area contributed by atoms with E-state index in [1.807, 2.05) is 36.5 Å². The Kier molecular flexibility index (Phi) is 8.39. The van der Waals surface area contributed by atoms with E-state index in [9.17, 15) is 0 Å². The molecular weight excluding hydrogens is 503 g/mol. The van der Waals surface area contributed by atoms with Crippen LogP contribution in [0.1, 0.15) is 12.6 Å². The Morgan fingerprint density at radius 2 is 1.87 bits per heavy atom. The number of halogens is 1. The van der Waals surface area contributed by atoms with Gasteiger partial charge in [-0.2, -0.15) is 0 Å². The van der Waals surface area contributed by atoms with E-state index < -0.39 is 0 Å². The third-order valence-corrected chi connectivity index (χ3v) is 5.38. The summed E-state index contributed by atoms with van der Waals surface area (Å²) in [5.74, 6) is 1.92. The largest absolute Gasteiger partial charge is 0.495 e. The number of ether oxygens (including phenoxy) is 1. The summed E-state index contributed by atoms with van der Waals surface area (Å²) >= 11 is 0. The van der Waals surface area contributed by atoms with Crippen molar-refractivity contribution >= 4 is 41.3 Å². The molecule has 166 valence electrons. The molecule has 1 aliphatic rings. The van der Waals surface area contributed by atoms with Crippen LogP contribution < -0.4 is 15.0 Å². The molecule has 1 aromatic carbocycles. The van der Waals surface area contributed by atoms with Crippen LogP contribution in [0.5, 0.6) is 5.75 Å². The van der Waals surface area contributed by atoms with Crippen LogP contribution in [0.3, 0.4) is 0 Å². The van der Waals surface area contributed by atoms with Crippen LogP contribution in [-0.2, 0) is 6.42 Å². The minimum absolute atomic E-state index is 0. The first kappa shape index (κ1) is 23.2. The van der Waals surface area contributed by atoms with Gasteiger partial charge < -0.3 is 24.3 Å². The first-order chi connectivity index (χ1) is 14.8. The highest BCUT2D eigenvalue weighted by atomic mass is 127. The van der Waals surface area contributed by atoms with E-state index in [1.165, 1.54) is 0 Å². The number of rotatable bonds is 6. The molecule has 0 saturated carbocycles. The Labute approximate surface area is 201 Å². The molecule has 1 saturated heterocycles. The summed E-state index contributed by atoms with van der Waals surface area (Å²) in [6, 6.07) is 14.3. The molecule has 1 aliphatic heterocycles. The molecule has 0 spiro atoms. The number of hydrogen-bond donors (Lipinski definition) is 1. The smallest absolute Gasteiger partial charge is 0.194 e. The molecule has 8 heteroatoms. The lowest BCUT2D eigenvalue weighted by molar-refractivity contribution is 0.367. The van der Waals surface area contributed by atoms with Crippen molar-refractivity contribution in [2.45, 2.75) is 13.3 Å². The van der Waals surface area contributed by atoms with E-state index in [0.29, 0.717) is 0 Å². The molecule has 0 aliphatic carbocycles. The van der Waals surface area contributed by atoms with Gasteiger partial charge in [-0.1, -0.05) is 18.2 Å². The molecule has 2 aromatic heterocycles. The molecule has 0 amide bonds. The van der Waals surface area contributed by atoms with Gasteiger partial charge in [-0.15, -0.1) is 24.0 Å². The predicted molar refractivity (Wildman–Crippen MR) is 137 cm³/mol. The first-order valence-corrected chi connectivity index (χ1v) is 10.6. The molecule has 1 N–H and O–H groups in total. The number of pyridine rings is 1. The second kappa shape index (κ2) is 11.2. The fourth-order valence-electron chi connectivity index (χ4n) is 3.86. The number of benzene rings is 1. The summed E-state index contributed by atoms with van der Waals surface area (Å²) in [5, 5.41) is 3.45. The van der Waals surface area contributed by atoms with Crippen molar-refractivity contribution in [2.24, 2.45) is 4.99 Å². The van der Waals surface area contributed by atoms with Crippen molar-refractivity contribution in [2.75, 3.05) is 51.3 Å². The average molecular weight is 534 g/mol. The van der Waals surface area contributed by atoms with Crippen LogP contribution >= 0.6 is 24.0 Å². The lowest BCUT2D eigenvalue weighted by atomic mass is 10.2. The van der Waals surface area contributed by atoms with Crippen molar-refractivity contribution in [1.82, 2.24) is 19.6 Å². The van der Waals surface area contributed by atoms with Crippen LogP contribution in [0.15, 0.2) is 59.9 Å². The number of imidazole rings is 1. The summed E-state index contributed by atoms with van der Waals surface area (Å²) < 4.78 is 7.59. The minimum Gasteiger partial charge on any atom is -0.495 e. The average Bonchev–Trinajstić information content (AvgIpc) is 3.21. The number of piperazine rings is 1. The maximum atomic E-state index is 5.53. The van der Waals surface area contributed by atoms with E-state index in [1.54, 1.807) is 7.11 Å². The highest BCUT2D eigenvalue weighted by Gasteiger charge is 2.21. The number of guanidine groups is 1. The van der Waals surface area contributed by atoms with Gasteiger partial charge in [0.05, 0.1) is 18.5 Å². The Balaban J connectivity index is 0.00000272. The molecule has 1 fully saturated rings. The summed E-state index contributed by atoms with van der Waals surface area (Å²) in [7, 11) is 1.73. The SMILES string of the molecule is CCNC(=NCCc1cn2ccccc2n1)N1CCN(c2ccccc2OC)CC1.I. The number of aromatic nitrogens is 2. The molecule has 0 radical (unpaired) electrons. The first-order valence-electron chi connectivity index (χ1n) is 10.6. The lowest BCUT2D eigenvalue weighted by Crippen LogP contribution is -2.52. The standard InChI is InChI=1S/C23H30N6O.HI/c1-3-24-23(25-12-11-19-18-29-13-7-6-10-22(29)26-19)28-16-14-27(15-17-28)20-8-4-5-9-21(20)30-2;/h4-10,13,18H,3,11-12,14-17H2,1-2H3,(H,24,25);1H. The van der Waals surface area contributed by atoms with Gasteiger partial charge in [-0.25, -0.2) is 4.98 Å². The third kappa shape index (κ3) is 5.61. The van der Waals surface area contributed by atoms with Gasteiger partial charge in [0, 0.05) is 58.1 Å². The topological polar surface area (TPSA) is 57.4 Å². The van der Waals surface area contributed by atoms with Crippen molar-refractivity contribution < 1.29 is 4.74 Å². The predicted octanol–water partition coefficient (Wildman–Crippen LogP) is 3.29. The number of nitrogens with zero attached hydrogens (tertiary/aromatic N) is 5. The van der Waals surface area contributed by atoms with E-state index in [-0.39, 0.29) is 24.0 Å². The fraction of sp³-hybridized carbons (Fsp3) is 0.391. The minimum atomic E-state index is 0. The van der Waals surface area contributed by atoms with Crippen LogP contribution in [0, 0.1) is 0 Å². The van der Waals surface area contributed by atoms with Gasteiger partial charge >= 0.3 is 0 Å². The summed E-state index contributed by atoms with van der Waals surface area (Å²) in [5.41, 5.74) is 3.21. The second-order valence-corrected chi connectivity index (χ2v) is 7.33. The molecule has 0 bridgehead atoms. The molecule has 4 rings (SSSR count). The summed E-state index contributed by atoms with van der Waals surface area (Å²) in [6.07, 6.45) is 4.95. The van der Waals surface area contributed by atoms with Gasteiger partial charge in [-0.05, 0) is 31.2 Å². The Morgan fingerprint density at radius 1 is 1.10 bits per heavy atom. The number of anilines is 1. The highest BCUT2D eigenvalue weighted by molar-refractivity contribution is 14.0. The Hall–Kier alpha value is -2.49. The maximum Gasteiger partial charge on any atom is 0.194 e. The molecule has 3 heterocycles. The van der Waals surface area contributed by atoms with Crippen molar-refractivity contribution in [3.63, 3.8) is 0 Å². The molecule has 3 aromatic rings. The quantitative estimate of drug-likeness (QED) is 0.299. The normalized spacial score (nSPS) is 14.5. The van der Waals surface area contributed by atoms with E-state index in [2.05, 4.69) is 49.8 Å². The Morgan fingerprint density at radius 3 is 2.61 bits per heavy atom. The van der Waals surface area contributed by atoms with E-state index >= 15 is 0 Å². The van der Waals surface area contributed by atoms with Crippen molar-refractivity contribution in [3.05, 3.63) is 60.6 Å². The van der Waals surface area contributed by atoms with Crippen LogP contribution in [0.2, 0.25) is 0 Å². The monoisotopic (exact) mass is 534 g/mol. The van der Waals surface area contributed by atoms with Crippen molar-refractivity contribution in [3.8, 4) is 5.75 Å². The van der Waals surface area contributed by atoms with Crippen LogP contribution in [0.25, 0.3) is 5.65 Å². The number of fused-ring (bicyclic) bond motifs is 1. The Bertz CT molecular complexity index is 963. The van der Waals surface area contributed by atoms with Gasteiger partial charge in [0.2, 0.25) is 0 Å². The molecule has 0 unspecified atom stereocenters. The van der Waals surface area contributed by atoms with Crippen LogP contribution in [0.4, 0.5) is 5.69 Å². The van der Waals surface area contributed by atoms with Crippen molar-refractivity contribution in [1.29, 1.82) is 0 Å². The molecular formula is C23H31IN6O. The van der Waals surface area contributed by atoms with E-state index in [4.69, 9.17) is 9.73 Å². The lowest BCUT2D eigenvalue weighted by Gasteiger charge is -2.38. The number of aliphatic imine (C=N–C) groups is 1. The number of methoxy groups -OCH3 is 1. The maximum absolute atomic E-state index is 5.53. The highest BCUT2D eigenvalue weighted by Crippen LogP contribution is 2.28. The number of nitrogens with one attached hydrogen (secondary N) is 1. The second-order valence-electron chi connectivity index (χ2n) is 7.33. The molecule has 0 atom stereocenters.